The summed E-state index contributed by atoms with van der Waals surface area (Å²) in [7, 11) is 1.67. The van der Waals surface area contributed by atoms with Gasteiger partial charge in [0.15, 0.2) is 5.82 Å². The minimum atomic E-state index is -0.00715. The molecule has 7 nitrogen and oxygen atoms in total. The Morgan fingerprint density at radius 1 is 1.37 bits per heavy atom. The van der Waals surface area contributed by atoms with E-state index in [1.807, 2.05) is 29.2 Å². The van der Waals surface area contributed by atoms with Gasteiger partial charge in [-0.2, -0.15) is 4.98 Å². The molecule has 1 N–H and O–H groups in total. The summed E-state index contributed by atoms with van der Waals surface area (Å²) >= 11 is 0. The molecule has 4 rings (SSSR count). The smallest absolute Gasteiger partial charge is 0.226 e. The fourth-order valence-corrected chi connectivity index (χ4v) is 3.63. The van der Waals surface area contributed by atoms with Crippen molar-refractivity contribution in [1.82, 2.24) is 20.4 Å². The molecule has 1 aliphatic carbocycles. The number of nitrogens with one attached hydrogen (secondary N) is 1. The number of aryl methyl sites for hydroxylation is 1. The highest BCUT2D eigenvalue weighted by molar-refractivity contribution is 5.77. The lowest BCUT2D eigenvalue weighted by atomic mass is 10.0. The van der Waals surface area contributed by atoms with Gasteiger partial charge in [0.1, 0.15) is 5.75 Å². The second kappa shape index (κ2) is 8.08. The third kappa shape index (κ3) is 4.13. The van der Waals surface area contributed by atoms with Gasteiger partial charge in [0.2, 0.25) is 11.8 Å². The number of rotatable bonds is 7. The van der Waals surface area contributed by atoms with Gasteiger partial charge in [0.25, 0.3) is 0 Å². The topological polar surface area (TPSA) is 80.5 Å². The summed E-state index contributed by atoms with van der Waals surface area (Å²) in [6, 6.07) is 7.91. The lowest BCUT2D eigenvalue weighted by Crippen LogP contribution is -2.48. The first kappa shape index (κ1) is 18.0. The number of nitrogens with zero attached hydrogens (tertiary/aromatic N) is 3. The van der Waals surface area contributed by atoms with Gasteiger partial charge in [0.05, 0.1) is 13.2 Å². The molecule has 1 saturated heterocycles. The molecule has 1 saturated carbocycles. The van der Waals surface area contributed by atoms with Crippen LogP contribution in [0.15, 0.2) is 28.8 Å². The molecule has 2 heterocycles. The number of hydrogen-bond donors (Lipinski definition) is 1. The molecule has 0 radical (unpaired) electrons. The molecule has 2 aliphatic rings. The summed E-state index contributed by atoms with van der Waals surface area (Å²) in [6.45, 7) is 2.25. The Hall–Kier alpha value is -2.41. The van der Waals surface area contributed by atoms with Crippen molar-refractivity contribution in [2.75, 3.05) is 26.7 Å². The number of carbonyl (C=O) groups excluding carboxylic acids is 1. The van der Waals surface area contributed by atoms with E-state index >= 15 is 0 Å². The minimum absolute atomic E-state index is 0.00715. The summed E-state index contributed by atoms with van der Waals surface area (Å²) < 4.78 is 10.8. The van der Waals surface area contributed by atoms with Crippen molar-refractivity contribution in [3.05, 3.63) is 41.5 Å². The van der Waals surface area contributed by atoms with Crippen molar-refractivity contribution in [3.63, 3.8) is 0 Å². The first-order valence-corrected chi connectivity index (χ1v) is 9.72. The normalized spacial score (nSPS) is 19.9. The van der Waals surface area contributed by atoms with E-state index in [2.05, 4.69) is 15.5 Å². The second-order valence-electron chi connectivity index (χ2n) is 7.22. The first-order valence-electron chi connectivity index (χ1n) is 9.72. The zero-order chi connectivity index (χ0) is 18.6. The van der Waals surface area contributed by atoms with Crippen molar-refractivity contribution in [1.29, 1.82) is 0 Å². The largest absolute Gasteiger partial charge is 0.496 e. The molecule has 2 aromatic rings. The molecule has 144 valence electrons. The first-order chi connectivity index (χ1) is 13.3. The number of amides is 1. The van der Waals surface area contributed by atoms with Crippen LogP contribution in [0.4, 0.5) is 0 Å². The molecule has 7 heteroatoms. The van der Waals surface area contributed by atoms with Crippen LogP contribution in [0.1, 0.15) is 54.9 Å². The maximum absolute atomic E-state index is 12.9. The van der Waals surface area contributed by atoms with Crippen LogP contribution in [0.2, 0.25) is 0 Å². The van der Waals surface area contributed by atoms with Crippen molar-refractivity contribution < 1.29 is 14.1 Å². The number of hydrogen-bond acceptors (Lipinski definition) is 6. The van der Waals surface area contributed by atoms with Gasteiger partial charge in [0, 0.05) is 44.0 Å². The van der Waals surface area contributed by atoms with Gasteiger partial charge in [-0.3, -0.25) is 4.79 Å². The van der Waals surface area contributed by atoms with Crippen LogP contribution in [0, 0.1) is 0 Å². The van der Waals surface area contributed by atoms with Crippen molar-refractivity contribution in [3.8, 4) is 5.75 Å². The highest BCUT2D eigenvalue weighted by Crippen LogP contribution is 2.38. The van der Waals surface area contributed by atoms with Crippen LogP contribution in [0.5, 0.6) is 5.75 Å². The molecule has 0 spiro atoms. The predicted octanol–water partition coefficient (Wildman–Crippen LogP) is 2.45. The Kier molecular flexibility index (Phi) is 5.38. The fourth-order valence-electron chi connectivity index (χ4n) is 3.63. The van der Waals surface area contributed by atoms with Gasteiger partial charge in [-0.15, -0.1) is 0 Å². The lowest BCUT2D eigenvalue weighted by molar-refractivity contribution is -0.134. The third-order valence-corrected chi connectivity index (χ3v) is 5.27. The molecule has 1 unspecified atom stereocenters. The zero-order valence-electron chi connectivity index (χ0n) is 15.7. The Morgan fingerprint density at radius 3 is 3.04 bits per heavy atom. The molecule has 1 aromatic heterocycles. The molecule has 1 aromatic carbocycles. The number of aromatic nitrogens is 2. The Morgan fingerprint density at radius 2 is 2.22 bits per heavy atom. The Labute approximate surface area is 159 Å². The highest BCUT2D eigenvalue weighted by atomic mass is 16.5. The van der Waals surface area contributed by atoms with Crippen molar-refractivity contribution >= 4 is 5.91 Å². The third-order valence-electron chi connectivity index (χ3n) is 5.27. The van der Waals surface area contributed by atoms with Gasteiger partial charge >= 0.3 is 0 Å². The zero-order valence-corrected chi connectivity index (χ0v) is 15.7. The molecule has 1 aliphatic heterocycles. The monoisotopic (exact) mass is 370 g/mol. The van der Waals surface area contributed by atoms with Crippen LogP contribution >= 0.6 is 0 Å². The fraction of sp³-hybridized carbons (Fsp3) is 0.550. The minimum Gasteiger partial charge on any atom is -0.496 e. The van der Waals surface area contributed by atoms with Gasteiger partial charge in [-0.05, 0) is 25.3 Å². The molecule has 1 atom stereocenters. The van der Waals surface area contributed by atoms with Crippen molar-refractivity contribution in [2.24, 2.45) is 0 Å². The van der Waals surface area contributed by atoms with E-state index in [-0.39, 0.29) is 11.9 Å². The van der Waals surface area contributed by atoms with Crippen LogP contribution in [0.25, 0.3) is 0 Å². The molecular formula is C20H26N4O3. The molecule has 27 heavy (non-hydrogen) atoms. The summed E-state index contributed by atoms with van der Waals surface area (Å²) in [4.78, 5) is 19.3. The maximum atomic E-state index is 12.9. The second-order valence-corrected chi connectivity index (χ2v) is 7.22. The van der Waals surface area contributed by atoms with E-state index in [0.29, 0.717) is 37.6 Å². The van der Waals surface area contributed by atoms with Crippen molar-refractivity contribution in [2.45, 2.75) is 44.1 Å². The van der Waals surface area contributed by atoms with Gasteiger partial charge < -0.3 is 19.5 Å². The number of piperazine rings is 1. The van der Waals surface area contributed by atoms with E-state index in [1.54, 1.807) is 7.11 Å². The summed E-state index contributed by atoms with van der Waals surface area (Å²) in [5.74, 6) is 2.95. The van der Waals surface area contributed by atoms with Crippen LogP contribution in [-0.2, 0) is 11.2 Å². The molecular weight excluding hydrogens is 344 g/mol. The van der Waals surface area contributed by atoms with E-state index < -0.39 is 0 Å². The van der Waals surface area contributed by atoms with Gasteiger partial charge in [-0.1, -0.05) is 23.4 Å². The average Bonchev–Trinajstić information content (AvgIpc) is 3.46. The lowest BCUT2D eigenvalue weighted by Gasteiger charge is -2.37. The molecule has 0 bridgehead atoms. The van der Waals surface area contributed by atoms with Crippen LogP contribution in [-0.4, -0.2) is 47.7 Å². The number of carbonyl (C=O) groups is 1. The van der Waals surface area contributed by atoms with E-state index in [0.717, 1.165) is 43.1 Å². The number of methoxy groups -OCH3 is 1. The number of ether oxygens (including phenoxy) is 1. The molecule has 2 fully saturated rings. The number of benzene rings is 1. The SMILES string of the molecule is COc1ccccc1C1CNCCN1C(=O)CCCc1nc(C2CC2)no1. The highest BCUT2D eigenvalue weighted by Gasteiger charge is 2.30. The summed E-state index contributed by atoms with van der Waals surface area (Å²) in [5.41, 5.74) is 1.05. The number of para-hydroxylation sites is 1. The standard InChI is InChI=1S/C20H26N4O3/c1-26-17-6-3-2-5-15(17)16-13-21-11-12-24(16)19(25)8-4-7-18-22-20(23-27-18)14-9-10-14/h2-3,5-6,14,16,21H,4,7-13H2,1H3. The van der Waals surface area contributed by atoms with E-state index in [1.165, 1.54) is 0 Å². The quantitative estimate of drug-likeness (QED) is 0.806. The van der Waals surface area contributed by atoms with Crippen LogP contribution < -0.4 is 10.1 Å². The molecule has 1 amide bonds. The van der Waals surface area contributed by atoms with E-state index in [4.69, 9.17) is 9.26 Å². The predicted molar refractivity (Wildman–Crippen MR) is 99.5 cm³/mol. The Bertz CT molecular complexity index is 787. The van der Waals surface area contributed by atoms with Crippen LogP contribution in [0.3, 0.4) is 0 Å². The van der Waals surface area contributed by atoms with Gasteiger partial charge in [-0.25, -0.2) is 0 Å². The average molecular weight is 370 g/mol. The summed E-state index contributed by atoms with van der Waals surface area (Å²) in [5, 5.41) is 7.42. The summed E-state index contributed by atoms with van der Waals surface area (Å²) in [6.07, 6.45) is 4.16. The Balaban J connectivity index is 1.36. The van der Waals surface area contributed by atoms with E-state index in [9.17, 15) is 4.79 Å². The maximum Gasteiger partial charge on any atom is 0.226 e.